The lowest BCUT2D eigenvalue weighted by Gasteiger charge is -2.23. The monoisotopic (exact) mass is 332 g/mol. The number of aryl methyl sites for hydroxylation is 1. The summed E-state index contributed by atoms with van der Waals surface area (Å²) in [5.41, 5.74) is 3.34. The van der Waals surface area contributed by atoms with Crippen LogP contribution in [0.1, 0.15) is 30.3 Å². The van der Waals surface area contributed by atoms with Gasteiger partial charge in [0.25, 0.3) is 0 Å². The maximum Gasteiger partial charge on any atom is 0.162 e. The van der Waals surface area contributed by atoms with Crippen molar-refractivity contribution in [2.24, 2.45) is 5.10 Å². The molecule has 8 heteroatoms. The van der Waals surface area contributed by atoms with Crippen molar-refractivity contribution in [1.82, 2.24) is 24.6 Å². The number of hydrogen-bond donors (Lipinski definition) is 0. The van der Waals surface area contributed by atoms with Crippen molar-refractivity contribution in [2.75, 3.05) is 5.01 Å². The fourth-order valence-corrected chi connectivity index (χ4v) is 3.12. The fraction of sp³-hybridized carbons (Fsp3) is 0.294. The van der Waals surface area contributed by atoms with Crippen molar-refractivity contribution in [3.8, 4) is 6.07 Å². The van der Waals surface area contributed by atoms with Crippen LogP contribution in [-0.2, 0) is 12.8 Å². The lowest BCUT2D eigenvalue weighted by molar-refractivity contribution is 0.634. The van der Waals surface area contributed by atoms with E-state index in [1.54, 1.807) is 23.2 Å². The van der Waals surface area contributed by atoms with Gasteiger partial charge in [0, 0.05) is 24.6 Å². The summed E-state index contributed by atoms with van der Waals surface area (Å²) in [7, 11) is 0. The average molecular weight is 332 g/mol. The maximum absolute atomic E-state index is 9.06. The Balaban J connectivity index is 1.65. The van der Waals surface area contributed by atoms with Crippen LogP contribution in [0.15, 0.2) is 36.0 Å². The Morgan fingerprint density at radius 2 is 2.24 bits per heavy atom. The number of fused-ring (bicyclic) bond motifs is 1. The molecule has 1 aliphatic rings. The summed E-state index contributed by atoms with van der Waals surface area (Å²) in [6.07, 6.45) is 7.49. The van der Waals surface area contributed by atoms with Crippen LogP contribution in [0, 0.1) is 11.3 Å². The summed E-state index contributed by atoms with van der Waals surface area (Å²) in [4.78, 5) is 13.3. The van der Waals surface area contributed by atoms with Crippen molar-refractivity contribution in [1.29, 1.82) is 5.26 Å². The third-order valence-electron chi connectivity index (χ3n) is 4.31. The Labute approximate surface area is 144 Å². The standard InChI is InChI=1S/C17H16N8/c1-2-14-15(20-11-24-17(14)19-10-22-24)8-13-6-7-21-25(13)16-5-3-4-12(9-18)23-16/h3-5,7,10-11,13H,2,6,8H2,1H3. The topological polar surface area (TPSA) is 95.4 Å². The molecule has 4 rings (SSSR count). The molecule has 0 N–H and O–H groups in total. The second-order valence-electron chi connectivity index (χ2n) is 5.78. The van der Waals surface area contributed by atoms with Crippen LogP contribution in [0.3, 0.4) is 0 Å². The van der Waals surface area contributed by atoms with E-state index in [2.05, 4.69) is 38.1 Å². The van der Waals surface area contributed by atoms with Gasteiger partial charge in [-0.15, -0.1) is 0 Å². The molecule has 0 aromatic carbocycles. The van der Waals surface area contributed by atoms with E-state index in [1.807, 2.05) is 23.4 Å². The van der Waals surface area contributed by atoms with Gasteiger partial charge in [0.1, 0.15) is 24.4 Å². The largest absolute Gasteiger partial charge is 0.244 e. The second kappa shape index (κ2) is 6.28. The molecule has 0 saturated carbocycles. The molecule has 0 saturated heterocycles. The van der Waals surface area contributed by atoms with E-state index in [-0.39, 0.29) is 6.04 Å². The van der Waals surface area contributed by atoms with Crippen molar-refractivity contribution >= 4 is 17.7 Å². The summed E-state index contributed by atoms with van der Waals surface area (Å²) < 4.78 is 1.70. The van der Waals surface area contributed by atoms with Crippen molar-refractivity contribution in [3.05, 3.63) is 47.8 Å². The van der Waals surface area contributed by atoms with Gasteiger partial charge < -0.3 is 0 Å². The number of rotatable bonds is 4. The molecule has 0 radical (unpaired) electrons. The summed E-state index contributed by atoms with van der Waals surface area (Å²) in [5, 5.41) is 19.5. The highest BCUT2D eigenvalue weighted by atomic mass is 15.5. The zero-order chi connectivity index (χ0) is 17.2. The summed E-state index contributed by atoms with van der Waals surface area (Å²) in [5.74, 6) is 0.680. The highest BCUT2D eigenvalue weighted by Gasteiger charge is 2.26. The molecule has 25 heavy (non-hydrogen) atoms. The smallest absolute Gasteiger partial charge is 0.162 e. The Kier molecular flexibility index (Phi) is 3.82. The number of hydrazone groups is 1. The van der Waals surface area contributed by atoms with E-state index in [4.69, 9.17) is 5.26 Å². The van der Waals surface area contributed by atoms with Gasteiger partial charge in [-0.05, 0) is 18.6 Å². The molecular weight excluding hydrogens is 316 g/mol. The molecular formula is C17H16N8. The molecule has 3 aromatic rings. The van der Waals surface area contributed by atoms with Gasteiger partial charge in [-0.3, -0.25) is 0 Å². The fourth-order valence-electron chi connectivity index (χ4n) is 3.12. The van der Waals surface area contributed by atoms with Crippen molar-refractivity contribution < 1.29 is 0 Å². The Morgan fingerprint density at radius 1 is 1.32 bits per heavy atom. The van der Waals surface area contributed by atoms with Crippen LogP contribution >= 0.6 is 0 Å². The van der Waals surface area contributed by atoms with E-state index in [1.165, 1.54) is 0 Å². The van der Waals surface area contributed by atoms with Gasteiger partial charge in [0.2, 0.25) is 0 Å². The first-order chi connectivity index (χ1) is 12.3. The molecule has 0 spiro atoms. The number of aromatic nitrogens is 5. The van der Waals surface area contributed by atoms with E-state index < -0.39 is 0 Å². The maximum atomic E-state index is 9.06. The highest BCUT2D eigenvalue weighted by molar-refractivity contribution is 5.66. The lowest BCUT2D eigenvalue weighted by atomic mass is 10.0. The summed E-state index contributed by atoms with van der Waals surface area (Å²) in [6, 6.07) is 7.57. The van der Waals surface area contributed by atoms with Crippen LogP contribution < -0.4 is 5.01 Å². The summed E-state index contributed by atoms with van der Waals surface area (Å²) in [6.45, 7) is 2.09. The van der Waals surface area contributed by atoms with Crippen molar-refractivity contribution in [3.63, 3.8) is 0 Å². The first kappa shape index (κ1) is 15.2. The quantitative estimate of drug-likeness (QED) is 0.722. The number of pyridine rings is 1. The van der Waals surface area contributed by atoms with E-state index in [0.29, 0.717) is 11.5 Å². The number of nitrogens with zero attached hydrogens (tertiary/aromatic N) is 8. The molecule has 8 nitrogen and oxygen atoms in total. The predicted molar refractivity (Wildman–Crippen MR) is 92.2 cm³/mol. The molecule has 1 atom stereocenters. The first-order valence-electron chi connectivity index (χ1n) is 8.15. The van der Waals surface area contributed by atoms with Gasteiger partial charge in [0.15, 0.2) is 11.5 Å². The molecule has 0 amide bonds. The van der Waals surface area contributed by atoms with E-state index in [9.17, 15) is 0 Å². The molecule has 124 valence electrons. The zero-order valence-electron chi connectivity index (χ0n) is 13.7. The van der Waals surface area contributed by atoms with Gasteiger partial charge in [-0.25, -0.2) is 24.5 Å². The van der Waals surface area contributed by atoms with E-state index in [0.717, 1.165) is 36.2 Å². The van der Waals surface area contributed by atoms with Crippen molar-refractivity contribution in [2.45, 2.75) is 32.2 Å². The van der Waals surface area contributed by atoms with Gasteiger partial charge in [-0.2, -0.15) is 15.5 Å². The SMILES string of the molecule is CCc1c(CC2CC=NN2c2cccc(C#N)n2)ncn2ncnc12. The van der Waals surface area contributed by atoms with Crippen LogP contribution in [0.2, 0.25) is 0 Å². The average Bonchev–Trinajstić information content (AvgIpc) is 3.31. The van der Waals surface area contributed by atoms with Gasteiger partial charge in [-0.1, -0.05) is 13.0 Å². The first-order valence-corrected chi connectivity index (χ1v) is 8.15. The van der Waals surface area contributed by atoms with Crippen LogP contribution in [0.4, 0.5) is 5.82 Å². The Morgan fingerprint density at radius 3 is 3.08 bits per heavy atom. The van der Waals surface area contributed by atoms with Crippen LogP contribution in [-0.4, -0.2) is 36.8 Å². The molecule has 1 aliphatic heterocycles. The molecule has 1 unspecified atom stereocenters. The predicted octanol–water partition coefficient (Wildman–Crippen LogP) is 1.76. The lowest BCUT2D eigenvalue weighted by Crippen LogP contribution is -2.30. The van der Waals surface area contributed by atoms with Gasteiger partial charge in [0.05, 0.1) is 11.7 Å². The second-order valence-corrected chi connectivity index (χ2v) is 5.78. The van der Waals surface area contributed by atoms with Crippen LogP contribution in [0.25, 0.3) is 5.65 Å². The van der Waals surface area contributed by atoms with Crippen LogP contribution in [0.5, 0.6) is 0 Å². The minimum absolute atomic E-state index is 0.115. The number of nitriles is 1. The molecule has 0 aliphatic carbocycles. The third kappa shape index (κ3) is 2.70. The Hall–Kier alpha value is -3.34. The minimum Gasteiger partial charge on any atom is -0.244 e. The zero-order valence-corrected chi connectivity index (χ0v) is 13.7. The minimum atomic E-state index is 0.115. The Bertz CT molecular complexity index is 984. The number of hydrogen-bond acceptors (Lipinski definition) is 7. The molecule has 4 heterocycles. The molecule has 0 bridgehead atoms. The third-order valence-corrected chi connectivity index (χ3v) is 4.31. The van der Waals surface area contributed by atoms with E-state index >= 15 is 0 Å². The normalized spacial score (nSPS) is 16.5. The summed E-state index contributed by atoms with van der Waals surface area (Å²) >= 11 is 0. The number of anilines is 1. The molecule has 0 fully saturated rings. The molecule has 3 aromatic heterocycles. The van der Waals surface area contributed by atoms with Gasteiger partial charge >= 0.3 is 0 Å². The highest BCUT2D eigenvalue weighted by Crippen LogP contribution is 2.24.